The van der Waals surface area contributed by atoms with Crippen LogP contribution >= 0.6 is 0 Å². The Morgan fingerprint density at radius 2 is 1.62 bits per heavy atom. The third-order valence-corrected chi connectivity index (χ3v) is 7.41. The van der Waals surface area contributed by atoms with Crippen LogP contribution in [0.15, 0.2) is 29.2 Å². The minimum Gasteiger partial charge on any atom is -0.341 e. The lowest BCUT2D eigenvalue weighted by molar-refractivity contribution is -0.136. The van der Waals surface area contributed by atoms with Crippen molar-refractivity contribution in [2.45, 2.75) is 31.1 Å². The van der Waals surface area contributed by atoms with Gasteiger partial charge in [0, 0.05) is 38.6 Å². The van der Waals surface area contributed by atoms with Gasteiger partial charge in [-0.2, -0.15) is 4.31 Å². The molecule has 2 aliphatic heterocycles. The van der Waals surface area contributed by atoms with Gasteiger partial charge in [-0.15, -0.1) is 0 Å². The Kier molecular flexibility index (Phi) is 5.99. The Morgan fingerprint density at radius 3 is 2.27 bits per heavy atom. The Balaban J connectivity index is 1.60. The van der Waals surface area contributed by atoms with Gasteiger partial charge in [0.15, 0.2) is 0 Å². The van der Waals surface area contributed by atoms with Crippen LogP contribution in [0, 0.1) is 12.8 Å². The van der Waals surface area contributed by atoms with E-state index in [-0.39, 0.29) is 11.8 Å². The lowest BCUT2D eigenvalue weighted by Gasteiger charge is -2.33. The number of nitrogens with zero attached hydrogens (tertiary/aromatic N) is 3. The second-order valence-corrected chi connectivity index (χ2v) is 9.41. The maximum atomic E-state index is 12.8. The molecule has 0 spiro atoms. The fourth-order valence-corrected chi connectivity index (χ4v) is 5.20. The molecule has 0 unspecified atom stereocenters. The quantitative estimate of drug-likeness (QED) is 0.800. The van der Waals surface area contributed by atoms with Crippen molar-refractivity contribution in [2.75, 3.05) is 46.3 Å². The lowest BCUT2D eigenvalue weighted by Crippen LogP contribution is -2.45. The molecule has 1 aromatic rings. The summed E-state index contributed by atoms with van der Waals surface area (Å²) < 4.78 is 27.1. The number of hydrogen-bond acceptors (Lipinski definition) is 4. The van der Waals surface area contributed by atoms with E-state index in [4.69, 9.17) is 0 Å². The summed E-state index contributed by atoms with van der Waals surface area (Å²) in [6.45, 7) is 6.29. The predicted octanol–water partition coefficient (Wildman–Crippen LogP) is 1.56. The molecule has 0 saturated carbocycles. The zero-order chi connectivity index (χ0) is 18.7. The van der Waals surface area contributed by atoms with Crippen LogP contribution in [0.1, 0.15) is 24.8 Å². The molecule has 144 valence electrons. The first-order valence-corrected chi connectivity index (χ1v) is 10.9. The molecule has 7 heteroatoms. The SMILES string of the molecule is Cc1ccc(S(=O)(=O)N2CCC(C(=O)N3CCCN(C)CC3)CC2)cc1. The first-order chi connectivity index (χ1) is 12.4. The molecule has 1 amide bonds. The number of carbonyl (C=O) groups excluding carboxylic acids is 1. The molecular weight excluding hydrogens is 350 g/mol. The largest absolute Gasteiger partial charge is 0.341 e. The predicted molar refractivity (Wildman–Crippen MR) is 101 cm³/mol. The van der Waals surface area contributed by atoms with E-state index in [1.807, 2.05) is 24.0 Å². The van der Waals surface area contributed by atoms with Crippen LogP contribution in [-0.4, -0.2) is 74.7 Å². The van der Waals surface area contributed by atoms with Crippen LogP contribution in [0.4, 0.5) is 0 Å². The molecular formula is C19H29N3O3S. The molecule has 2 aliphatic rings. The summed E-state index contributed by atoms with van der Waals surface area (Å²) in [5.74, 6) is 0.149. The molecule has 2 saturated heterocycles. The van der Waals surface area contributed by atoms with E-state index in [2.05, 4.69) is 11.9 Å². The minimum absolute atomic E-state index is 0.0529. The molecule has 3 rings (SSSR count). The van der Waals surface area contributed by atoms with Crippen LogP contribution in [-0.2, 0) is 14.8 Å². The van der Waals surface area contributed by atoms with Crippen molar-refractivity contribution in [3.63, 3.8) is 0 Å². The molecule has 0 radical (unpaired) electrons. The highest BCUT2D eigenvalue weighted by atomic mass is 32.2. The van der Waals surface area contributed by atoms with Crippen molar-refractivity contribution >= 4 is 15.9 Å². The highest BCUT2D eigenvalue weighted by Crippen LogP contribution is 2.25. The van der Waals surface area contributed by atoms with E-state index in [1.54, 1.807) is 12.1 Å². The highest BCUT2D eigenvalue weighted by molar-refractivity contribution is 7.89. The average Bonchev–Trinajstić information content (AvgIpc) is 2.86. The summed E-state index contributed by atoms with van der Waals surface area (Å²) in [6, 6.07) is 6.96. The molecule has 0 atom stereocenters. The van der Waals surface area contributed by atoms with E-state index < -0.39 is 10.0 Å². The number of carbonyl (C=O) groups is 1. The number of aryl methyl sites for hydroxylation is 1. The van der Waals surface area contributed by atoms with Crippen LogP contribution in [0.5, 0.6) is 0 Å². The van der Waals surface area contributed by atoms with Gasteiger partial charge in [-0.3, -0.25) is 4.79 Å². The van der Waals surface area contributed by atoms with E-state index in [1.165, 1.54) is 4.31 Å². The highest BCUT2D eigenvalue weighted by Gasteiger charge is 2.34. The Bertz CT molecular complexity index is 725. The zero-order valence-electron chi connectivity index (χ0n) is 15.7. The number of hydrogen-bond donors (Lipinski definition) is 0. The second kappa shape index (κ2) is 8.06. The minimum atomic E-state index is -3.46. The van der Waals surface area contributed by atoms with Crippen molar-refractivity contribution in [2.24, 2.45) is 5.92 Å². The molecule has 0 bridgehead atoms. The molecule has 26 heavy (non-hydrogen) atoms. The Morgan fingerprint density at radius 1 is 0.962 bits per heavy atom. The van der Waals surface area contributed by atoms with Gasteiger partial charge >= 0.3 is 0 Å². The van der Waals surface area contributed by atoms with E-state index in [0.717, 1.165) is 38.2 Å². The molecule has 1 aromatic carbocycles. The number of amides is 1. The number of likely N-dealkylation sites (N-methyl/N-ethyl adjacent to an activating group) is 1. The number of sulfonamides is 1. The molecule has 6 nitrogen and oxygen atoms in total. The fraction of sp³-hybridized carbons (Fsp3) is 0.632. The molecule has 0 N–H and O–H groups in total. The molecule has 0 aliphatic carbocycles. The number of piperidine rings is 1. The normalized spacial score (nSPS) is 21.5. The number of rotatable bonds is 3. The van der Waals surface area contributed by atoms with Crippen molar-refractivity contribution in [3.8, 4) is 0 Å². The summed E-state index contributed by atoms with van der Waals surface area (Å²) in [4.78, 5) is 17.4. The van der Waals surface area contributed by atoms with Gasteiger partial charge in [0.25, 0.3) is 0 Å². The summed E-state index contributed by atoms with van der Waals surface area (Å²) in [5.41, 5.74) is 1.04. The van der Waals surface area contributed by atoms with E-state index in [0.29, 0.717) is 30.8 Å². The van der Waals surface area contributed by atoms with Crippen molar-refractivity contribution in [1.82, 2.24) is 14.1 Å². The molecule has 0 aromatic heterocycles. The van der Waals surface area contributed by atoms with Crippen molar-refractivity contribution < 1.29 is 13.2 Å². The van der Waals surface area contributed by atoms with Gasteiger partial charge in [-0.05, 0) is 51.9 Å². The smallest absolute Gasteiger partial charge is 0.243 e. The van der Waals surface area contributed by atoms with Crippen LogP contribution in [0.3, 0.4) is 0 Å². The van der Waals surface area contributed by atoms with Crippen molar-refractivity contribution in [3.05, 3.63) is 29.8 Å². The van der Waals surface area contributed by atoms with Gasteiger partial charge < -0.3 is 9.80 Å². The first kappa shape index (κ1) is 19.3. The van der Waals surface area contributed by atoms with E-state index in [9.17, 15) is 13.2 Å². The lowest BCUT2D eigenvalue weighted by atomic mass is 9.96. The van der Waals surface area contributed by atoms with Crippen LogP contribution in [0.2, 0.25) is 0 Å². The maximum absolute atomic E-state index is 12.8. The van der Waals surface area contributed by atoms with Gasteiger partial charge in [0.2, 0.25) is 15.9 Å². The van der Waals surface area contributed by atoms with Crippen LogP contribution in [0.25, 0.3) is 0 Å². The summed E-state index contributed by atoms with van der Waals surface area (Å²) >= 11 is 0. The Labute approximate surface area is 156 Å². The fourth-order valence-electron chi connectivity index (χ4n) is 3.73. The summed E-state index contributed by atoms with van der Waals surface area (Å²) in [7, 11) is -1.38. The van der Waals surface area contributed by atoms with E-state index >= 15 is 0 Å². The molecule has 2 fully saturated rings. The standard InChI is InChI=1S/C19H29N3O3S/c1-16-4-6-18(7-5-16)26(24,25)22-12-8-17(9-13-22)19(23)21-11-3-10-20(2)14-15-21/h4-7,17H,3,8-15H2,1-2H3. The van der Waals surface area contributed by atoms with Gasteiger partial charge in [-0.1, -0.05) is 17.7 Å². The average molecular weight is 380 g/mol. The third-order valence-electron chi connectivity index (χ3n) is 5.49. The number of benzene rings is 1. The summed E-state index contributed by atoms with van der Waals surface area (Å²) in [5, 5.41) is 0. The summed E-state index contributed by atoms with van der Waals surface area (Å²) in [6.07, 6.45) is 2.22. The van der Waals surface area contributed by atoms with Gasteiger partial charge in [-0.25, -0.2) is 8.42 Å². The maximum Gasteiger partial charge on any atom is 0.243 e. The van der Waals surface area contributed by atoms with Crippen molar-refractivity contribution in [1.29, 1.82) is 0 Å². The van der Waals surface area contributed by atoms with Crippen LogP contribution < -0.4 is 0 Å². The third kappa shape index (κ3) is 4.27. The monoisotopic (exact) mass is 379 g/mol. The Hall–Kier alpha value is -1.44. The van der Waals surface area contributed by atoms with Gasteiger partial charge in [0.05, 0.1) is 4.90 Å². The topological polar surface area (TPSA) is 60.9 Å². The zero-order valence-corrected chi connectivity index (χ0v) is 16.5. The second-order valence-electron chi connectivity index (χ2n) is 7.47. The molecule has 2 heterocycles. The van der Waals surface area contributed by atoms with Gasteiger partial charge in [0.1, 0.15) is 0 Å². The first-order valence-electron chi connectivity index (χ1n) is 9.42.